The van der Waals surface area contributed by atoms with Crippen LogP contribution in [0.1, 0.15) is 16.5 Å². The van der Waals surface area contributed by atoms with E-state index >= 15 is 0 Å². The highest BCUT2D eigenvalue weighted by Gasteiger charge is 2.09. The van der Waals surface area contributed by atoms with Crippen LogP contribution in [0.4, 0.5) is 0 Å². The maximum Gasteiger partial charge on any atom is 0.169 e. The maximum absolute atomic E-state index is 8.62. The lowest BCUT2D eigenvalue weighted by Gasteiger charge is -2.01. The minimum absolute atomic E-state index is 0.403. The molecule has 0 aromatic carbocycles. The number of ether oxygens (including phenoxy) is 1. The molecular formula is C8H9NOS. The fraction of sp³-hybridized carbons (Fsp3) is 0.375. The van der Waals surface area contributed by atoms with E-state index in [0.717, 1.165) is 5.56 Å². The van der Waals surface area contributed by atoms with E-state index in [4.69, 9.17) is 10.00 Å². The zero-order valence-corrected chi connectivity index (χ0v) is 7.31. The van der Waals surface area contributed by atoms with Gasteiger partial charge in [-0.2, -0.15) is 5.26 Å². The third kappa shape index (κ3) is 1.79. The fourth-order valence-electron chi connectivity index (χ4n) is 0.865. The summed E-state index contributed by atoms with van der Waals surface area (Å²) in [4.78, 5) is 1.21. The predicted molar refractivity (Wildman–Crippen MR) is 44.4 cm³/mol. The molecule has 1 heterocycles. The van der Waals surface area contributed by atoms with E-state index in [1.54, 1.807) is 18.4 Å². The fourth-order valence-corrected chi connectivity index (χ4v) is 1.58. The van der Waals surface area contributed by atoms with E-state index in [1.807, 2.05) is 18.4 Å². The first-order chi connectivity index (χ1) is 5.27. The summed E-state index contributed by atoms with van der Waals surface area (Å²) in [6.45, 7) is 2.01. The van der Waals surface area contributed by atoms with Crippen molar-refractivity contribution in [3.63, 3.8) is 0 Å². The van der Waals surface area contributed by atoms with Gasteiger partial charge in [0, 0.05) is 17.6 Å². The van der Waals surface area contributed by atoms with E-state index in [-0.39, 0.29) is 0 Å². The molecule has 0 saturated heterocycles. The van der Waals surface area contributed by atoms with Crippen molar-refractivity contribution in [1.29, 1.82) is 5.26 Å². The molecule has 0 N–H and O–H groups in total. The summed E-state index contributed by atoms with van der Waals surface area (Å²) < 4.78 is 4.94. The predicted octanol–water partition coefficient (Wildman–Crippen LogP) is 2.27. The second-order valence-electron chi connectivity index (χ2n) is 2.24. The molecule has 1 unspecified atom stereocenters. The summed E-state index contributed by atoms with van der Waals surface area (Å²) in [5.41, 5.74) is 0.956. The number of nitriles is 1. The van der Waals surface area contributed by atoms with Crippen molar-refractivity contribution in [2.24, 2.45) is 0 Å². The van der Waals surface area contributed by atoms with Crippen LogP contribution in [0.2, 0.25) is 0 Å². The van der Waals surface area contributed by atoms with E-state index in [1.165, 1.54) is 4.88 Å². The quantitative estimate of drug-likeness (QED) is 0.677. The monoisotopic (exact) mass is 167 g/mol. The number of rotatable bonds is 2. The number of nitrogens with zero attached hydrogens (tertiary/aromatic N) is 1. The molecule has 0 saturated carbocycles. The lowest BCUT2D eigenvalue weighted by molar-refractivity contribution is 0.149. The Balaban J connectivity index is 2.84. The second kappa shape index (κ2) is 3.51. The third-order valence-electron chi connectivity index (χ3n) is 1.41. The number of aryl methyl sites for hydroxylation is 1. The van der Waals surface area contributed by atoms with Gasteiger partial charge < -0.3 is 4.74 Å². The highest BCUT2D eigenvalue weighted by atomic mass is 32.1. The Labute approximate surface area is 70.0 Å². The average molecular weight is 167 g/mol. The Hall–Kier alpha value is -0.850. The van der Waals surface area contributed by atoms with E-state index < -0.39 is 6.10 Å². The Kier molecular flexibility index (Phi) is 2.64. The van der Waals surface area contributed by atoms with Gasteiger partial charge >= 0.3 is 0 Å². The van der Waals surface area contributed by atoms with Crippen LogP contribution >= 0.6 is 11.3 Å². The van der Waals surface area contributed by atoms with E-state index in [9.17, 15) is 0 Å². The van der Waals surface area contributed by atoms with Crippen LogP contribution in [0, 0.1) is 18.3 Å². The molecule has 0 spiro atoms. The molecule has 0 amide bonds. The van der Waals surface area contributed by atoms with Crippen molar-refractivity contribution in [2.45, 2.75) is 13.0 Å². The van der Waals surface area contributed by atoms with Gasteiger partial charge in [0.25, 0.3) is 0 Å². The van der Waals surface area contributed by atoms with Gasteiger partial charge in [0.15, 0.2) is 6.10 Å². The SMILES string of the molecule is COC(C#N)c1csc(C)c1. The number of hydrogen-bond acceptors (Lipinski definition) is 3. The number of hydrogen-bond donors (Lipinski definition) is 0. The number of thiophene rings is 1. The molecule has 1 aromatic heterocycles. The molecule has 11 heavy (non-hydrogen) atoms. The zero-order chi connectivity index (χ0) is 8.27. The summed E-state index contributed by atoms with van der Waals surface area (Å²) in [5, 5.41) is 10.6. The first-order valence-electron chi connectivity index (χ1n) is 3.25. The van der Waals surface area contributed by atoms with Crippen LogP contribution in [0.5, 0.6) is 0 Å². The van der Waals surface area contributed by atoms with Gasteiger partial charge in [-0.05, 0) is 18.4 Å². The highest BCUT2D eigenvalue weighted by molar-refractivity contribution is 7.10. The topological polar surface area (TPSA) is 33.0 Å². The lowest BCUT2D eigenvalue weighted by atomic mass is 10.2. The Morgan fingerprint density at radius 3 is 2.82 bits per heavy atom. The summed E-state index contributed by atoms with van der Waals surface area (Å²) >= 11 is 1.63. The molecule has 0 aliphatic rings. The molecule has 1 rings (SSSR count). The molecule has 0 aliphatic carbocycles. The van der Waals surface area contributed by atoms with Crippen molar-refractivity contribution in [2.75, 3.05) is 7.11 Å². The van der Waals surface area contributed by atoms with Crippen molar-refractivity contribution in [1.82, 2.24) is 0 Å². The Morgan fingerprint density at radius 2 is 2.45 bits per heavy atom. The van der Waals surface area contributed by atoms with Crippen LogP contribution in [0.25, 0.3) is 0 Å². The van der Waals surface area contributed by atoms with Crippen LogP contribution in [0.3, 0.4) is 0 Å². The maximum atomic E-state index is 8.62. The molecular weight excluding hydrogens is 158 g/mol. The van der Waals surface area contributed by atoms with Crippen LogP contribution in [-0.2, 0) is 4.74 Å². The molecule has 58 valence electrons. The second-order valence-corrected chi connectivity index (χ2v) is 3.35. The highest BCUT2D eigenvalue weighted by Crippen LogP contribution is 2.21. The summed E-state index contributed by atoms with van der Waals surface area (Å²) in [6.07, 6.45) is -0.403. The molecule has 0 fully saturated rings. The largest absolute Gasteiger partial charge is 0.362 e. The smallest absolute Gasteiger partial charge is 0.169 e. The van der Waals surface area contributed by atoms with Crippen molar-refractivity contribution in [3.05, 3.63) is 21.9 Å². The van der Waals surface area contributed by atoms with E-state index in [2.05, 4.69) is 6.07 Å². The van der Waals surface area contributed by atoms with Crippen molar-refractivity contribution >= 4 is 11.3 Å². The summed E-state index contributed by atoms with van der Waals surface area (Å²) in [6, 6.07) is 4.04. The van der Waals surface area contributed by atoms with Gasteiger partial charge in [0.2, 0.25) is 0 Å². The van der Waals surface area contributed by atoms with Crippen LogP contribution in [0.15, 0.2) is 11.4 Å². The molecule has 0 aliphatic heterocycles. The Morgan fingerprint density at radius 1 is 1.73 bits per heavy atom. The molecule has 0 bridgehead atoms. The molecule has 0 radical (unpaired) electrons. The minimum atomic E-state index is -0.403. The first kappa shape index (κ1) is 8.25. The van der Waals surface area contributed by atoms with Gasteiger partial charge in [-0.1, -0.05) is 0 Å². The van der Waals surface area contributed by atoms with Gasteiger partial charge in [-0.3, -0.25) is 0 Å². The summed E-state index contributed by atoms with van der Waals surface area (Å²) in [7, 11) is 1.54. The van der Waals surface area contributed by atoms with Crippen molar-refractivity contribution in [3.8, 4) is 6.07 Å². The van der Waals surface area contributed by atoms with Gasteiger partial charge in [0.1, 0.15) is 0 Å². The molecule has 3 heteroatoms. The average Bonchev–Trinajstić information content (AvgIpc) is 2.39. The number of methoxy groups -OCH3 is 1. The van der Waals surface area contributed by atoms with Crippen LogP contribution in [-0.4, -0.2) is 7.11 Å². The van der Waals surface area contributed by atoms with Gasteiger partial charge in [-0.25, -0.2) is 0 Å². The molecule has 2 nitrogen and oxygen atoms in total. The standard InChI is InChI=1S/C8H9NOS/c1-6-3-7(5-11-6)8(4-9)10-2/h3,5,8H,1-2H3. The lowest BCUT2D eigenvalue weighted by Crippen LogP contribution is -1.94. The summed E-state index contributed by atoms with van der Waals surface area (Å²) in [5.74, 6) is 0. The van der Waals surface area contributed by atoms with Gasteiger partial charge in [-0.15, -0.1) is 11.3 Å². The minimum Gasteiger partial charge on any atom is -0.362 e. The van der Waals surface area contributed by atoms with Crippen LogP contribution < -0.4 is 0 Å². The third-order valence-corrected chi connectivity index (χ3v) is 2.29. The van der Waals surface area contributed by atoms with Crippen molar-refractivity contribution < 1.29 is 4.74 Å². The molecule has 1 atom stereocenters. The normalized spacial score (nSPS) is 12.5. The van der Waals surface area contributed by atoms with E-state index in [0.29, 0.717) is 0 Å². The first-order valence-corrected chi connectivity index (χ1v) is 4.13. The Bertz CT molecular complexity index is 274. The van der Waals surface area contributed by atoms with Gasteiger partial charge in [0.05, 0.1) is 6.07 Å². The zero-order valence-electron chi connectivity index (χ0n) is 6.50. The molecule has 1 aromatic rings.